The molecule has 0 aromatic heterocycles. The van der Waals surface area contributed by atoms with Crippen LogP contribution in [0.5, 0.6) is 0 Å². The minimum atomic E-state index is -0.746. The zero-order valence-electron chi connectivity index (χ0n) is 11.7. The number of hydroxylamine groups is 2. The van der Waals surface area contributed by atoms with Crippen LogP contribution in [-0.2, 0) is 14.4 Å². The number of amides is 2. The van der Waals surface area contributed by atoms with Crippen molar-refractivity contribution in [3.8, 4) is 0 Å². The number of nitrogens with zero attached hydrogens (tertiary/aromatic N) is 1. The van der Waals surface area contributed by atoms with Gasteiger partial charge in [0.25, 0.3) is 11.8 Å². The zero-order valence-corrected chi connectivity index (χ0v) is 11.7. The molecule has 0 radical (unpaired) electrons. The van der Waals surface area contributed by atoms with E-state index < -0.39 is 23.9 Å². The molecule has 1 fully saturated rings. The molecule has 1 aromatic rings. The van der Waals surface area contributed by atoms with E-state index in [0.29, 0.717) is 5.06 Å². The van der Waals surface area contributed by atoms with Crippen LogP contribution in [0.15, 0.2) is 24.3 Å². The number of carbonyl (C=O) groups is 3. The van der Waals surface area contributed by atoms with Crippen LogP contribution in [0.1, 0.15) is 41.0 Å². The maximum Gasteiger partial charge on any atom is 0.361 e. The van der Waals surface area contributed by atoms with Gasteiger partial charge in [0, 0.05) is 0 Å². The predicted octanol–water partition coefficient (Wildman–Crippen LogP) is 1.55. The van der Waals surface area contributed by atoms with Gasteiger partial charge in [0.1, 0.15) is 0 Å². The lowest BCUT2D eigenvalue weighted by atomic mass is 10.0. The third-order valence-corrected chi connectivity index (χ3v) is 3.77. The molecular formula is C15H15NO5. The van der Waals surface area contributed by atoms with Gasteiger partial charge < -0.3 is 9.57 Å². The zero-order chi connectivity index (χ0) is 15.1. The fourth-order valence-corrected chi connectivity index (χ4v) is 2.77. The summed E-state index contributed by atoms with van der Waals surface area (Å²) in [5.74, 6) is -1.96. The number of carbonyl (C=O) groups excluding carboxylic acids is 3. The van der Waals surface area contributed by atoms with E-state index in [9.17, 15) is 14.4 Å². The quantitative estimate of drug-likeness (QED) is 0.772. The number of hydrogen-bond donors (Lipinski definition) is 0. The lowest BCUT2D eigenvalue weighted by Gasteiger charge is -2.17. The first-order valence-electron chi connectivity index (χ1n) is 6.84. The highest BCUT2D eigenvalue weighted by molar-refractivity contribution is 6.20. The first kappa shape index (κ1) is 13.8. The highest BCUT2D eigenvalue weighted by atomic mass is 16.7. The van der Waals surface area contributed by atoms with E-state index >= 15 is 0 Å². The highest BCUT2D eigenvalue weighted by Gasteiger charge is 2.42. The van der Waals surface area contributed by atoms with E-state index in [1.165, 1.54) is 12.1 Å². The summed E-state index contributed by atoms with van der Waals surface area (Å²) in [5.41, 5.74) is 0.480. The number of imide groups is 1. The molecule has 1 aromatic carbocycles. The summed E-state index contributed by atoms with van der Waals surface area (Å²) in [6.07, 6.45) is -0.0499. The molecule has 0 bridgehead atoms. The van der Waals surface area contributed by atoms with Crippen LogP contribution in [-0.4, -0.2) is 35.1 Å². The standard InChI is InChI=1S/C15H15NO5/c1-8-7-9(2)20-12(8)15(19)21-16-13(17)10-5-3-4-6-11(10)14(16)18/h3-6,8-9,12H,7H2,1-2H3. The first-order valence-corrected chi connectivity index (χ1v) is 6.84. The van der Waals surface area contributed by atoms with Crippen LogP contribution < -0.4 is 0 Å². The van der Waals surface area contributed by atoms with E-state index in [2.05, 4.69) is 0 Å². The van der Waals surface area contributed by atoms with E-state index in [4.69, 9.17) is 9.57 Å². The summed E-state index contributed by atoms with van der Waals surface area (Å²) >= 11 is 0. The molecule has 0 N–H and O–H groups in total. The van der Waals surface area contributed by atoms with Gasteiger partial charge in [-0.15, -0.1) is 0 Å². The molecule has 21 heavy (non-hydrogen) atoms. The Labute approximate surface area is 121 Å². The van der Waals surface area contributed by atoms with Crippen molar-refractivity contribution in [1.82, 2.24) is 5.06 Å². The van der Waals surface area contributed by atoms with Crippen molar-refractivity contribution in [2.24, 2.45) is 5.92 Å². The average molecular weight is 289 g/mol. The van der Waals surface area contributed by atoms with Crippen molar-refractivity contribution in [3.05, 3.63) is 35.4 Å². The van der Waals surface area contributed by atoms with Crippen LogP contribution in [0.3, 0.4) is 0 Å². The van der Waals surface area contributed by atoms with Crippen molar-refractivity contribution in [2.45, 2.75) is 32.5 Å². The van der Waals surface area contributed by atoms with Gasteiger partial charge in [0.05, 0.1) is 17.2 Å². The fraction of sp³-hybridized carbons (Fsp3) is 0.400. The molecule has 2 aliphatic rings. The number of hydrogen-bond acceptors (Lipinski definition) is 5. The van der Waals surface area contributed by atoms with Gasteiger partial charge in [-0.3, -0.25) is 9.59 Å². The third kappa shape index (κ3) is 2.21. The Morgan fingerprint density at radius 1 is 1.19 bits per heavy atom. The summed E-state index contributed by atoms with van der Waals surface area (Å²) in [7, 11) is 0. The Bertz CT molecular complexity index is 591. The first-order chi connectivity index (χ1) is 9.99. The van der Waals surface area contributed by atoms with Crippen molar-refractivity contribution >= 4 is 17.8 Å². The van der Waals surface area contributed by atoms with Crippen LogP contribution in [0.4, 0.5) is 0 Å². The van der Waals surface area contributed by atoms with Gasteiger partial charge >= 0.3 is 5.97 Å². The minimum absolute atomic E-state index is 0.0114. The monoisotopic (exact) mass is 289 g/mol. The molecule has 2 aliphatic heterocycles. The van der Waals surface area contributed by atoms with E-state index in [0.717, 1.165) is 6.42 Å². The molecule has 3 rings (SSSR count). The molecule has 110 valence electrons. The number of benzene rings is 1. The summed E-state index contributed by atoms with van der Waals surface area (Å²) in [5, 5.41) is 0.520. The number of rotatable bonds is 2. The molecule has 0 saturated carbocycles. The molecular weight excluding hydrogens is 274 g/mol. The summed E-state index contributed by atoms with van der Waals surface area (Å²) in [6, 6.07) is 6.36. The Hall–Kier alpha value is -2.21. The molecule has 1 saturated heterocycles. The maximum absolute atomic E-state index is 12.1. The molecule has 0 aliphatic carbocycles. The number of fused-ring (bicyclic) bond motifs is 1. The molecule has 2 heterocycles. The summed E-state index contributed by atoms with van der Waals surface area (Å²) < 4.78 is 5.47. The van der Waals surface area contributed by atoms with E-state index in [-0.39, 0.29) is 23.1 Å². The number of ether oxygens (including phenoxy) is 1. The van der Waals surface area contributed by atoms with Crippen LogP contribution in [0.25, 0.3) is 0 Å². The van der Waals surface area contributed by atoms with Gasteiger partial charge in [-0.25, -0.2) is 4.79 Å². The van der Waals surface area contributed by atoms with Gasteiger partial charge in [-0.1, -0.05) is 24.1 Å². The Morgan fingerprint density at radius 3 is 2.24 bits per heavy atom. The minimum Gasteiger partial charge on any atom is -0.363 e. The predicted molar refractivity (Wildman–Crippen MR) is 71.2 cm³/mol. The van der Waals surface area contributed by atoms with Gasteiger partial charge in [-0.05, 0) is 31.4 Å². The van der Waals surface area contributed by atoms with E-state index in [1.54, 1.807) is 12.1 Å². The van der Waals surface area contributed by atoms with E-state index in [1.807, 2.05) is 13.8 Å². The Morgan fingerprint density at radius 2 is 1.76 bits per heavy atom. The van der Waals surface area contributed by atoms with Crippen molar-refractivity contribution < 1.29 is 24.0 Å². The lowest BCUT2D eigenvalue weighted by Crippen LogP contribution is -2.38. The largest absolute Gasteiger partial charge is 0.363 e. The molecule has 6 heteroatoms. The highest BCUT2D eigenvalue weighted by Crippen LogP contribution is 2.28. The summed E-state index contributed by atoms with van der Waals surface area (Å²) in [6.45, 7) is 3.74. The lowest BCUT2D eigenvalue weighted by molar-refractivity contribution is -0.182. The Kier molecular flexibility index (Phi) is 3.25. The topological polar surface area (TPSA) is 72.9 Å². The molecule has 6 nitrogen and oxygen atoms in total. The second kappa shape index (κ2) is 4.96. The van der Waals surface area contributed by atoms with Crippen LogP contribution in [0.2, 0.25) is 0 Å². The molecule has 0 spiro atoms. The summed E-state index contributed by atoms with van der Waals surface area (Å²) in [4.78, 5) is 41.3. The second-order valence-corrected chi connectivity index (χ2v) is 5.44. The van der Waals surface area contributed by atoms with Gasteiger partial charge in [-0.2, -0.15) is 0 Å². The Balaban J connectivity index is 1.76. The molecule has 3 unspecified atom stereocenters. The van der Waals surface area contributed by atoms with Crippen molar-refractivity contribution in [2.75, 3.05) is 0 Å². The fourth-order valence-electron chi connectivity index (χ4n) is 2.77. The molecule has 2 amide bonds. The van der Waals surface area contributed by atoms with Crippen LogP contribution >= 0.6 is 0 Å². The SMILES string of the molecule is CC1CC(C)C(C(=O)ON2C(=O)c3ccccc3C2=O)O1. The second-order valence-electron chi connectivity index (χ2n) is 5.44. The van der Waals surface area contributed by atoms with Crippen LogP contribution in [0, 0.1) is 5.92 Å². The van der Waals surface area contributed by atoms with Crippen molar-refractivity contribution in [3.63, 3.8) is 0 Å². The molecule has 3 atom stereocenters. The van der Waals surface area contributed by atoms with Crippen molar-refractivity contribution in [1.29, 1.82) is 0 Å². The normalized spacial score (nSPS) is 27.9. The van der Waals surface area contributed by atoms with Gasteiger partial charge in [0.15, 0.2) is 6.10 Å². The van der Waals surface area contributed by atoms with Gasteiger partial charge in [0.2, 0.25) is 0 Å². The third-order valence-electron chi connectivity index (χ3n) is 3.77. The average Bonchev–Trinajstić information content (AvgIpc) is 2.92. The smallest absolute Gasteiger partial charge is 0.361 e. The maximum atomic E-state index is 12.1.